The Kier molecular flexibility index (Phi) is 7.29. The van der Waals surface area contributed by atoms with E-state index in [-0.39, 0.29) is 0 Å². The fraction of sp³-hybridized carbons (Fsp3) is 0.429. The van der Waals surface area contributed by atoms with Crippen molar-refractivity contribution in [2.75, 3.05) is 19.7 Å². The van der Waals surface area contributed by atoms with Crippen molar-refractivity contribution in [1.82, 2.24) is 5.32 Å². The van der Waals surface area contributed by atoms with Gasteiger partial charge >= 0.3 is 0 Å². The van der Waals surface area contributed by atoms with Crippen LogP contribution in [-0.4, -0.2) is 30.9 Å². The number of rotatable bonds is 9. The lowest BCUT2D eigenvalue weighted by Gasteiger charge is -2.18. The van der Waals surface area contributed by atoms with Gasteiger partial charge in [-0.3, -0.25) is 0 Å². The fourth-order valence-electron chi connectivity index (χ4n) is 2.70. The van der Waals surface area contributed by atoms with E-state index in [9.17, 15) is 5.11 Å². The predicted octanol–water partition coefficient (Wildman–Crippen LogP) is 3.94. The van der Waals surface area contributed by atoms with Crippen LogP contribution in [0.4, 0.5) is 0 Å². The van der Waals surface area contributed by atoms with Crippen LogP contribution in [0.3, 0.4) is 0 Å². The molecule has 0 fully saturated rings. The molecule has 0 heterocycles. The van der Waals surface area contributed by atoms with Gasteiger partial charge in [0.05, 0.1) is 0 Å². The van der Waals surface area contributed by atoms with E-state index in [0.29, 0.717) is 25.0 Å². The number of aliphatic hydroxyl groups excluding tert-OH is 1. The zero-order valence-corrected chi connectivity index (χ0v) is 14.9. The molecule has 0 bridgehead atoms. The monoisotopic (exact) mass is 327 g/mol. The van der Waals surface area contributed by atoms with E-state index in [1.165, 1.54) is 11.1 Å². The molecule has 0 aliphatic rings. The Balaban J connectivity index is 1.73. The fourth-order valence-corrected chi connectivity index (χ4v) is 2.70. The maximum absolute atomic E-state index is 10.1. The molecule has 2 aromatic rings. The normalized spacial score (nSPS) is 13.7. The first-order valence-corrected chi connectivity index (χ1v) is 8.73. The number of hydrogen-bond donors (Lipinski definition) is 2. The van der Waals surface area contributed by atoms with Crippen LogP contribution < -0.4 is 10.1 Å². The third kappa shape index (κ3) is 5.66. The summed E-state index contributed by atoms with van der Waals surface area (Å²) in [6, 6.07) is 18.4. The highest BCUT2D eigenvalue weighted by Crippen LogP contribution is 2.25. The molecule has 0 aromatic heterocycles. The molecule has 2 atom stereocenters. The summed E-state index contributed by atoms with van der Waals surface area (Å²) in [6.45, 7) is 8.14. The molecular formula is C21H29NO2. The number of para-hydroxylation sites is 1. The first-order valence-electron chi connectivity index (χ1n) is 8.73. The van der Waals surface area contributed by atoms with Gasteiger partial charge in [-0.15, -0.1) is 0 Å². The van der Waals surface area contributed by atoms with Gasteiger partial charge < -0.3 is 15.2 Å². The molecule has 0 spiro atoms. The molecule has 0 saturated carbocycles. The average molecular weight is 327 g/mol. The molecule has 0 aliphatic heterocycles. The molecule has 3 heteroatoms. The molecule has 24 heavy (non-hydrogen) atoms. The highest BCUT2D eigenvalue weighted by atomic mass is 16.5. The number of benzene rings is 2. The molecule has 0 radical (unpaired) electrons. The zero-order chi connectivity index (χ0) is 17.4. The third-order valence-electron chi connectivity index (χ3n) is 4.17. The number of ether oxygens (including phenoxy) is 1. The second-order valence-electron chi connectivity index (χ2n) is 6.63. The smallest absolute Gasteiger partial charge is 0.122 e. The Labute approximate surface area is 145 Å². The topological polar surface area (TPSA) is 41.5 Å². The summed E-state index contributed by atoms with van der Waals surface area (Å²) >= 11 is 0. The van der Waals surface area contributed by atoms with E-state index < -0.39 is 6.10 Å². The minimum Gasteiger partial charge on any atom is -0.491 e. The number of nitrogens with one attached hydrogen (secondary N) is 1. The van der Waals surface area contributed by atoms with Gasteiger partial charge in [0, 0.05) is 13.1 Å². The van der Waals surface area contributed by atoms with Crippen LogP contribution >= 0.6 is 0 Å². The Hall–Kier alpha value is -1.84. The van der Waals surface area contributed by atoms with Crippen molar-refractivity contribution >= 4 is 0 Å². The third-order valence-corrected chi connectivity index (χ3v) is 4.17. The van der Waals surface area contributed by atoms with E-state index in [1.54, 1.807) is 0 Å². The first kappa shape index (κ1) is 18.5. The number of aliphatic hydroxyl groups is 1. The zero-order valence-electron chi connectivity index (χ0n) is 14.9. The molecule has 0 unspecified atom stereocenters. The molecule has 2 N–H and O–H groups in total. The Morgan fingerprint density at radius 2 is 1.58 bits per heavy atom. The van der Waals surface area contributed by atoms with Gasteiger partial charge in [0.2, 0.25) is 0 Å². The van der Waals surface area contributed by atoms with E-state index in [4.69, 9.17) is 4.74 Å². The van der Waals surface area contributed by atoms with E-state index in [0.717, 1.165) is 12.3 Å². The Morgan fingerprint density at radius 3 is 2.29 bits per heavy atom. The summed E-state index contributed by atoms with van der Waals surface area (Å²) in [4.78, 5) is 0. The molecule has 0 amide bonds. The minimum absolute atomic E-state index is 0.302. The van der Waals surface area contributed by atoms with Gasteiger partial charge in [-0.05, 0) is 29.0 Å². The van der Waals surface area contributed by atoms with E-state index in [2.05, 4.69) is 56.4 Å². The van der Waals surface area contributed by atoms with E-state index in [1.807, 2.05) is 24.3 Å². The van der Waals surface area contributed by atoms with Crippen LogP contribution in [0.15, 0.2) is 54.6 Å². The second kappa shape index (κ2) is 9.45. The van der Waals surface area contributed by atoms with Crippen LogP contribution in [0.2, 0.25) is 0 Å². The quantitative estimate of drug-likeness (QED) is 0.733. The van der Waals surface area contributed by atoms with Crippen molar-refractivity contribution in [2.45, 2.75) is 38.7 Å². The summed E-state index contributed by atoms with van der Waals surface area (Å²) in [6.07, 6.45) is -0.520. The SMILES string of the molecule is CC(C)c1ccccc1OC[C@@H](O)CNC[C@H](C)c1ccccc1. The maximum Gasteiger partial charge on any atom is 0.122 e. The standard InChI is InChI=1S/C21H29NO2/c1-16(2)20-11-7-8-12-21(20)24-15-19(23)14-22-13-17(3)18-9-5-4-6-10-18/h4-12,16-17,19,22-23H,13-15H2,1-3H3/t17-,19-/m0/s1. The summed E-state index contributed by atoms with van der Waals surface area (Å²) in [5, 5.41) is 13.5. The lowest BCUT2D eigenvalue weighted by atomic mass is 10.0. The predicted molar refractivity (Wildman–Crippen MR) is 99.8 cm³/mol. The summed E-state index contributed by atoms with van der Waals surface area (Å²) in [5.74, 6) is 1.69. The Bertz CT molecular complexity index is 598. The van der Waals surface area contributed by atoms with Crippen molar-refractivity contribution in [1.29, 1.82) is 0 Å². The lowest BCUT2D eigenvalue weighted by molar-refractivity contribution is 0.105. The minimum atomic E-state index is -0.520. The van der Waals surface area contributed by atoms with Crippen LogP contribution in [-0.2, 0) is 0 Å². The van der Waals surface area contributed by atoms with E-state index >= 15 is 0 Å². The highest BCUT2D eigenvalue weighted by molar-refractivity contribution is 5.35. The molecule has 0 saturated heterocycles. The van der Waals surface area contributed by atoms with Crippen molar-refractivity contribution in [3.63, 3.8) is 0 Å². The molecule has 2 rings (SSSR count). The van der Waals surface area contributed by atoms with Gasteiger partial charge in [-0.1, -0.05) is 69.3 Å². The summed E-state index contributed by atoms with van der Waals surface area (Å²) in [7, 11) is 0. The number of hydrogen-bond acceptors (Lipinski definition) is 3. The first-order chi connectivity index (χ1) is 11.6. The van der Waals surface area contributed by atoms with Gasteiger partial charge in [0.15, 0.2) is 0 Å². The molecular weight excluding hydrogens is 298 g/mol. The van der Waals surface area contributed by atoms with Crippen LogP contribution in [0.25, 0.3) is 0 Å². The van der Waals surface area contributed by atoms with Crippen LogP contribution in [0.1, 0.15) is 43.7 Å². The van der Waals surface area contributed by atoms with Gasteiger partial charge in [0.25, 0.3) is 0 Å². The highest BCUT2D eigenvalue weighted by Gasteiger charge is 2.11. The van der Waals surface area contributed by atoms with Gasteiger partial charge in [-0.25, -0.2) is 0 Å². The van der Waals surface area contributed by atoms with Crippen LogP contribution in [0, 0.1) is 0 Å². The Morgan fingerprint density at radius 1 is 0.917 bits per heavy atom. The maximum atomic E-state index is 10.1. The molecule has 2 aromatic carbocycles. The van der Waals surface area contributed by atoms with Crippen molar-refractivity contribution in [2.24, 2.45) is 0 Å². The van der Waals surface area contributed by atoms with Gasteiger partial charge in [0.1, 0.15) is 18.5 Å². The van der Waals surface area contributed by atoms with Gasteiger partial charge in [-0.2, -0.15) is 0 Å². The second-order valence-corrected chi connectivity index (χ2v) is 6.63. The van der Waals surface area contributed by atoms with Crippen molar-refractivity contribution < 1.29 is 9.84 Å². The van der Waals surface area contributed by atoms with Crippen molar-refractivity contribution in [3.05, 3.63) is 65.7 Å². The molecule has 3 nitrogen and oxygen atoms in total. The van der Waals surface area contributed by atoms with Crippen molar-refractivity contribution in [3.8, 4) is 5.75 Å². The summed E-state index contributed by atoms with van der Waals surface area (Å²) in [5.41, 5.74) is 2.48. The largest absolute Gasteiger partial charge is 0.491 e. The van der Waals surface area contributed by atoms with Crippen LogP contribution in [0.5, 0.6) is 5.75 Å². The lowest BCUT2D eigenvalue weighted by Crippen LogP contribution is -2.33. The molecule has 0 aliphatic carbocycles. The summed E-state index contributed by atoms with van der Waals surface area (Å²) < 4.78 is 5.81. The average Bonchev–Trinajstić information content (AvgIpc) is 2.60. The molecule has 130 valence electrons.